The number of hydrogen-bond acceptors (Lipinski definition) is 4. The fraction of sp³-hybridized carbons (Fsp3) is 1.00. The van der Waals surface area contributed by atoms with Gasteiger partial charge in [0.2, 0.25) is 0 Å². The maximum atomic E-state index is 11.7. The molecule has 0 aliphatic carbocycles. The van der Waals surface area contributed by atoms with Crippen LogP contribution in [0.5, 0.6) is 0 Å². The van der Waals surface area contributed by atoms with Crippen LogP contribution in [-0.2, 0) is 15.5 Å². The van der Waals surface area contributed by atoms with E-state index in [2.05, 4.69) is 12.2 Å². The summed E-state index contributed by atoms with van der Waals surface area (Å²) in [7, 11) is 0.843. The summed E-state index contributed by atoms with van der Waals surface area (Å²) < 4.78 is 16.6. The first kappa shape index (κ1) is 16.0. The Balaban J connectivity index is 3.73. The van der Waals surface area contributed by atoms with E-state index in [1.54, 1.807) is 7.11 Å². The van der Waals surface area contributed by atoms with Crippen molar-refractivity contribution in [2.45, 2.75) is 32.2 Å². The first-order valence-electron chi connectivity index (χ1n) is 5.92. The summed E-state index contributed by atoms with van der Waals surface area (Å²) in [5.74, 6) is 1.31. The summed E-state index contributed by atoms with van der Waals surface area (Å²) in [6, 6.07) is 0.174. The van der Waals surface area contributed by atoms with Crippen molar-refractivity contribution in [1.29, 1.82) is 0 Å². The molecular formula is C11H25NO3S. The third-order valence-electron chi connectivity index (χ3n) is 2.27. The lowest BCUT2D eigenvalue weighted by atomic mass is 10.2. The zero-order chi connectivity index (χ0) is 12.2. The molecular weight excluding hydrogens is 226 g/mol. The summed E-state index contributed by atoms with van der Waals surface area (Å²) in [4.78, 5) is 0. The molecule has 2 atom stereocenters. The molecule has 0 saturated heterocycles. The monoisotopic (exact) mass is 251 g/mol. The summed E-state index contributed by atoms with van der Waals surface area (Å²) in [5, 5.41) is 12.2. The highest BCUT2D eigenvalue weighted by atomic mass is 32.2. The fourth-order valence-electron chi connectivity index (χ4n) is 1.42. The molecule has 0 aromatic rings. The van der Waals surface area contributed by atoms with Gasteiger partial charge in [0.25, 0.3) is 0 Å². The second-order valence-electron chi connectivity index (χ2n) is 3.82. The van der Waals surface area contributed by atoms with E-state index in [0.717, 1.165) is 19.4 Å². The lowest BCUT2D eigenvalue weighted by Crippen LogP contribution is -2.36. The zero-order valence-corrected chi connectivity index (χ0v) is 11.2. The quantitative estimate of drug-likeness (QED) is 0.526. The van der Waals surface area contributed by atoms with Crippen molar-refractivity contribution < 1.29 is 14.1 Å². The van der Waals surface area contributed by atoms with Crippen molar-refractivity contribution in [2.24, 2.45) is 0 Å². The van der Waals surface area contributed by atoms with Crippen LogP contribution in [0.1, 0.15) is 26.2 Å². The second-order valence-corrected chi connectivity index (χ2v) is 5.44. The summed E-state index contributed by atoms with van der Waals surface area (Å²) in [6.45, 7) is 3.83. The SMILES string of the molecule is CCCNC(CCO)CS(=O)CCCOC. The highest BCUT2D eigenvalue weighted by molar-refractivity contribution is 7.85. The topological polar surface area (TPSA) is 58.6 Å². The van der Waals surface area contributed by atoms with E-state index in [1.165, 1.54) is 0 Å². The van der Waals surface area contributed by atoms with Crippen molar-refractivity contribution in [3.63, 3.8) is 0 Å². The predicted octanol–water partition coefficient (Wildman–Crippen LogP) is 0.522. The molecule has 0 radical (unpaired) electrons. The van der Waals surface area contributed by atoms with Crippen LogP contribution >= 0.6 is 0 Å². The van der Waals surface area contributed by atoms with Crippen LogP contribution in [0.25, 0.3) is 0 Å². The summed E-state index contributed by atoms with van der Waals surface area (Å²) in [5.41, 5.74) is 0. The van der Waals surface area contributed by atoms with Crippen molar-refractivity contribution in [2.75, 3.05) is 38.4 Å². The standard InChI is InChI=1S/C11H25NO3S/c1-3-6-12-11(5-7-13)10-16(14)9-4-8-15-2/h11-13H,3-10H2,1-2H3. The second kappa shape index (κ2) is 11.5. The molecule has 0 amide bonds. The Hall–Kier alpha value is 0.0300. The minimum atomic E-state index is -0.810. The molecule has 0 saturated carbocycles. The molecule has 16 heavy (non-hydrogen) atoms. The molecule has 0 aromatic carbocycles. The Kier molecular flexibility index (Phi) is 11.5. The molecule has 0 rings (SSSR count). The van der Waals surface area contributed by atoms with Crippen LogP contribution in [-0.4, -0.2) is 53.7 Å². The van der Waals surface area contributed by atoms with E-state index in [0.29, 0.717) is 24.5 Å². The minimum Gasteiger partial charge on any atom is -0.396 e. The fourth-order valence-corrected chi connectivity index (χ4v) is 2.76. The van der Waals surface area contributed by atoms with E-state index in [9.17, 15) is 4.21 Å². The van der Waals surface area contributed by atoms with Gasteiger partial charge >= 0.3 is 0 Å². The van der Waals surface area contributed by atoms with Crippen LogP contribution in [0.2, 0.25) is 0 Å². The summed E-state index contributed by atoms with van der Waals surface area (Å²) >= 11 is 0. The summed E-state index contributed by atoms with van der Waals surface area (Å²) in [6.07, 6.45) is 2.57. The predicted molar refractivity (Wildman–Crippen MR) is 68.2 cm³/mol. The smallest absolute Gasteiger partial charge is 0.0471 e. The van der Waals surface area contributed by atoms with Crippen LogP contribution in [0.3, 0.4) is 0 Å². The number of nitrogens with one attached hydrogen (secondary N) is 1. The van der Waals surface area contributed by atoms with Crippen molar-refractivity contribution in [3.05, 3.63) is 0 Å². The van der Waals surface area contributed by atoms with Crippen LogP contribution in [0.15, 0.2) is 0 Å². The van der Waals surface area contributed by atoms with Gasteiger partial charge in [0, 0.05) is 48.7 Å². The zero-order valence-electron chi connectivity index (χ0n) is 10.4. The van der Waals surface area contributed by atoms with Gasteiger partial charge in [0.05, 0.1) is 0 Å². The third kappa shape index (κ3) is 9.27. The molecule has 4 nitrogen and oxygen atoms in total. The Bertz CT molecular complexity index is 179. The lowest BCUT2D eigenvalue weighted by molar-refractivity contribution is 0.200. The van der Waals surface area contributed by atoms with Crippen LogP contribution in [0, 0.1) is 0 Å². The van der Waals surface area contributed by atoms with Crippen LogP contribution < -0.4 is 5.32 Å². The van der Waals surface area contributed by atoms with Gasteiger partial charge in [0.1, 0.15) is 0 Å². The molecule has 0 fully saturated rings. The number of aliphatic hydroxyl groups excluding tert-OH is 1. The average Bonchev–Trinajstić information content (AvgIpc) is 2.26. The van der Waals surface area contributed by atoms with Crippen molar-refractivity contribution >= 4 is 10.8 Å². The van der Waals surface area contributed by atoms with E-state index in [-0.39, 0.29) is 12.6 Å². The van der Waals surface area contributed by atoms with Gasteiger partial charge in [0.15, 0.2) is 0 Å². The number of rotatable bonds is 11. The molecule has 98 valence electrons. The maximum absolute atomic E-state index is 11.7. The first-order chi connectivity index (χ1) is 7.74. The molecule has 5 heteroatoms. The largest absolute Gasteiger partial charge is 0.396 e. The first-order valence-corrected chi connectivity index (χ1v) is 7.41. The Labute approximate surface area is 101 Å². The normalized spacial score (nSPS) is 14.9. The van der Waals surface area contributed by atoms with Gasteiger partial charge < -0.3 is 15.2 Å². The van der Waals surface area contributed by atoms with E-state index in [1.807, 2.05) is 0 Å². The minimum absolute atomic E-state index is 0.149. The molecule has 0 aliphatic rings. The van der Waals surface area contributed by atoms with Crippen molar-refractivity contribution in [1.82, 2.24) is 5.32 Å². The highest BCUT2D eigenvalue weighted by Crippen LogP contribution is 1.98. The van der Waals surface area contributed by atoms with E-state index < -0.39 is 10.8 Å². The number of aliphatic hydroxyl groups is 1. The van der Waals surface area contributed by atoms with Gasteiger partial charge in [-0.3, -0.25) is 4.21 Å². The molecule has 2 unspecified atom stereocenters. The van der Waals surface area contributed by atoms with Gasteiger partial charge in [-0.1, -0.05) is 6.92 Å². The van der Waals surface area contributed by atoms with Crippen LogP contribution in [0.4, 0.5) is 0 Å². The molecule has 2 N–H and O–H groups in total. The molecule has 0 aromatic heterocycles. The molecule has 0 aliphatic heterocycles. The average molecular weight is 251 g/mol. The number of hydrogen-bond donors (Lipinski definition) is 2. The van der Waals surface area contributed by atoms with Gasteiger partial charge in [-0.25, -0.2) is 0 Å². The third-order valence-corrected chi connectivity index (χ3v) is 3.79. The Morgan fingerprint density at radius 2 is 2.25 bits per heavy atom. The van der Waals surface area contributed by atoms with Gasteiger partial charge in [-0.15, -0.1) is 0 Å². The highest BCUT2D eigenvalue weighted by Gasteiger charge is 2.11. The van der Waals surface area contributed by atoms with Gasteiger partial charge in [-0.2, -0.15) is 0 Å². The molecule has 0 heterocycles. The molecule has 0 spiro atoms. The van der Waals surface area contributed by atoms with Gasteiger partial charge in [-0.05, 0) is 25.8 Å². The van der Waals surface area contributed by atoms with Crippen molar-refractivity contribution in [3.8, 4) is 0 Å². The Morgan fingerprint density at radius 3 is 2.81 bits per heavy atom. The van der Waals surface area contributed by atoms with E-state index in [4.69, 9.17) is 9.84 Å². The maximum Gasteiger partial charge on any atom is 0.0471 e. The number of ether oxygens (including phenoxy) is 1. The number of methoxy groups -OCH3 is 1. The lowest BCUT2D eigenvalue weighted by Gasteiger charge is -2.16. The molecule has 0 bridgehead atoms. The Morgan fingerprint density at radius 1 is 1.50 bits per heavy atom. The van der Waals surface area contributed by atoms with E-state index >= 15 is 0 Å².